The number of carbonyl (C=O) groups excluding carboxylic acids is 1. The number of para-hydroxylation sites is 1. The largest absolute Gasteiger partial charge is 0.497 e. The normalized spacial score (nSPS) is 12.5. The molecule has 0 saturated carbocycles. The Balaban J connectivity index is 1.79. The van der Waals surface area contributed by atoms with Gasteiger partial charge in [0.15, 0.2) is 5.78 Å². The Morgan fingerprint density at radius 2 is 1.84 bits per heavy atom. The summed E-state index contributed by atoms with van der Waals surface area (Å²) < 4.78 is 5.19. The summed E-state index contributed by atoms with van der Waals surface area (Å²) in [6, 6.07) is 15.7. The van der Waals surface area contributed by atoms with Crippen molar-refractivity contribution in [2.75, 3.05) is 14.2 Å². The molecule has 0 bridgehead atoms. The predicted octanol–water partition coefficient (Wildman–Crippen LogP) is 4.19. The summed E-state index contributed by atoms with van der Waals surface area (Å²) >= 11 is 0. The molecule has 25 heavy (non-hydrogen) atoms. The van der Waals surface area contributed by atoms with Gasteiger partial charge in [-0.25, -0.2) is 0 Å². The van der Waals surface area contributed by atoms with Crippen molar-refractivity contribution in [1.82, 2.24) is 9.88 Å². The number of nitrogens with one attached hydrogen (secondary N) is 1. The van der Waals surface area contributed by atoms with Crippen molar-refractivity contribution in [2.24, 2.45) is 0 Å². The number of fused-ring (bicyclic) bond motifs is 1. The highest BCUT2D eigenvalue weighted by Gasteiger charge is 2.24. The van der Waals surface area contributed by atoms with Gasteiger partial charge in [0, 0.05) is 28.7 Å². The van der Waals surface area contributed by atoms with Gasteiger partial charge in [0.25, 0.3) is 0 Å². The molecule has 0 spiro atoms. The number of aromatic amines is 1. The van der Waals surface area contributed by atoms with E-state index in [1.807, 2.05) is 69.4 Å². The first-order valence-corrected chi connectivity index (χ1v) is 8.46. The number of nitrogens with zero attached hydrogens (tertiary/aromatic N) is 1. The Hall–Kier alpha value is -2.59. The predicted molar refractivity (Wildman–Crippen MR) is 101 cm³/mol. The summed E-state index contributed by atoms with van der Waals surface area (Å²) in [4.78, 5) is 18.5. The first-order valence-electron chi connectivity index (χ1n) is 8.46. The minimum Gasteiger partial charge on any atom is -0.497 e. The average Bonchev–Trinajstić information content (AvgIpc) is 2.96. The van der Waals surface area contributed by atoms with Gasteiger partial charge in [0.2, 0.25) is 0 Å². The van der Waals surface area contributed by atoms with Gasteiger partial charge in [-0.2, -0.15) is 0 Å². The highest BCUT2D eigenvalue weighted by atomic mass is 16.5. The molecule has 0 fully saturated rings. The zero-order valence-corrected chi connectivity index (χ0v) is 15.2. The molecule has 1 heterocycles. The maximum atomic E-state index is 13.1. The van der Waals surface area contributed by atoms with Gasteiger partial charge in [-0.05, 0) is 44.7 Å². The zero-order chi connectivity index (χ0) is 18.0. The molecule has 1 aromatic heterocycles. The molecule has 3 rings (SSSR count). The molecule has 3 aromatic rings. The fourth-order valence-corrected chi connectivity index (χ4v) is 3.16. The van der Waals surface area contributed by atoms with Gasteiger partial charge >= 0.3 is 0 Å². The highest BCUT2D eigenvalue weighted by Crippen LogP contribution is 2.24. The van der Waals surface area contributed by atoms with E-state index in [-0.39, 0.29) is 11.8 Å². The first-order chi connectivity index (χ1) is 12.0. The standard InChI is InChI=1S/C21H24N2O2/c1-14-20(18-7-5-6-8-19(18)22-14)21(24)15(2)23(3)13-16-9-11-17(25-4)12-10-16/h5-12,15,22H,13H2,1-4H3. The molecule has 1 unspecified atom stereocenters. The lowest BCUT2D eigenvalue weighted by Crippen LogP contribution is -2.35. The Bertz CT molecular complexity index is 881. The quantitative estimate of drug-likeness (QED) is 0.687. The maximum absolute atomic E-state index is 13.1. The lowest BCUT2D eigenvalue weighted by molar-refractivity contribution is 0.0863. The van der Waals surface area contributed by atoms with E-state index in [1.165, 1.54) is 0 Å². The number of likely N-dealkylation sites (N-methyl/N-ethyl adjacent to an activating group) is 1. The van der Waals surface area contributed by atoms with Crippen molar-refractivity contribution < 1.29 is 9.53 Å². The third-order valence-corrected chi connectivity index (χ3v) is 4.77. The number of ether oxygens (including phenoxy) is 1. The summed E-state index contributed by atoms with van der Waals surface area (Å²) in [5, 5.41) is 0.995. The topological polar surface area (TPSA) is 45.3 Å². The third-order valence-electron chi connectivity index (χ3n) is 4.77. The van der Waals surface area contributed by atoms with Gasteiger partial charge in [-0.1, -0.05) is 30.3 Å². The molecular formula is C21H24N2O2. The number of rotatable bonds is 6. The molecule has 0 radical (unpaired) electrons. The number of Topliss-reactive ketones (excluding diaryl/α,β-unsaturated/α-hetero) is 1. The zero-order valence-electron chi connectivity index (χ0n) is 15.2. The van der Waals surface area contributed by atoms with E-state index in [1.54, 1.807) is 7.11 Å². The van der Waals surface area contributed by atoms with Crippen LogP contribution in [0.3, 0.4) is 0 Å². The van der Waals surface area contributed by atoms with Gasteiger partial charge in [0.1, 0.15) is 5.75 Å². The van der Waals surface area contributed by atoms with Crippen molar-refractivity contribution in [2.45, 2.75) is 26.4 Å². The number of aromatic nitrogens is 1. The fraction of sp³-hybridized carbons (Fsp3) is 0.286. The molecule has 4 nitrogen and oxygen atoms in total. The van der Waals surface area contributed by atoms with E-state index in [4.69, 9.17) is 4.74 Å². The van der Waals surface area contributed by atoms with Gasteiger partial charge in [-0.15, -0.1) is 0 Å². The van der Waals surface area contributed by atoms with Gasteiger partial charge in [0.05, 0.1) is 13.2 Å². The number of methoxy groups -OCH3 is 1. The molecule has 2 aromatic carbocycles. The van der Waals surface area contributed by atoms with Crippen LogP contribution in [0.1, 0.15) is 28.5 Å². The van der Waals surface area contributed by atoms with Crippen LogP contribution in [0.5, 0.6) is 5.75 Å². The number of ketones is 1. The minimum atomic E-state index is -0.208. The maximum Gasteiger partial charge on any atom is 0.182 e. The van der Waals surface area contributed by atoms with E-state index in [2.05, 4.69) is 9.88 Å². The molecule has 4 heteroatoms. The summed E-state index contributed by atoms with van der Waals surface area (Å²) in [5.74, 6) is 0.982. The molecule has 0 aliphatic rings. The SMILES string of the molecule is COc1ccc(CN(C)C(C)C(=O)c2c(C)[nH]c3ccccc23)cc1. The molecule has 0 aliphatic carbocycles. The second-order valence-electron chi connectivity index (χ2n) is 6.47. The summed E-state index contributed by atoms with van der Waals surface area (Å²) in [7, 11) is 3.64. The lowest BCUT2D eigenvalue weighted by atomic mass is 10.0. The van der Waals surface area contributed by atoms with Crippen molar-refractivity contribution >= 4 is 16.7 Å². The van der Waals surface area contributed by atoms with Crippen LogP contribution in [0.4, 0.5) is 0 Å². The summed E-state index contributed by atoms with van der Waals surface area (Å²) in [5.41, 5.74) is 3.88. The molecule has 1 N–H and O–H groups in total. The second-order valence-corrected chi connectivity index (χ2v) is 6.47. The number of aryl methyl sites for hydroxylation is 1. The lowest BCUT2D eigenvalue weighted by Gasteiger charge is -2.24. The van der Waals surface area contributed by atoms with Crippen LogP contribution < -0.4 is 4.74 Å². The van der Waals surface area contributed by atoms with Crippen molar-refractivity contribution in [3.8, 4) is 5.75 Å². The fourth-order valence-electron chi connectivity index (χ4n) is 3.16. The Morgan fingerprint density at radius 1 is 1.16 bits per heavy atom. The van der Waals surface area contributed by atoms with Crippen LogP contribution in [-0.4, -0.2) is 35.9 Å². The van der Waals surface area contributed by atoms with E-state index >= 15 is 0 Å². The second kappa shape index (κ2) is 7.11. The van der Waals surface area contributed by atoms with Gasteiger partial charge < -0.3 is 9.72 Å². The van der Waals surface area contributed by atoms with Gasteiger partial charge in [-0.3, -0.25) is 9.69 Å². The monoisotopic (exact) mass is 336 g/mol. The molecule has 130 valence electrons. The van der Waals surface area contributed by atoms with E-state index in [9.17, 15) is 4.79 Å². The molecular weight excluding hydrogens is 312 g/mol. The minimum absolute atomic E-state index is 0.144. The Labute approximate surface area is 148 Å². The Kier molecular flexibility index (Phi) is 4.91. The average molecular weight is 336 g/mol. The van der Waals surface area contributed by atoms with Crippen molar-refractivity contribution in [3.63, 3.8) is 0 Å². The summed E-state index contributed by atoms with van der Waals surface area (Å²) in [6.45, 7) is 4.63. The number of carbonyl (C=O) groups is 1. The van der Waals surface area contributed by atoms with E-state index in [0.29, 0.717) is 6.54 Å². The first kappa shape index (κ1) is 17.2. The molecule has 0 aliphatic heterocycles. The van der Waals surface area contributed by atoms with Crippen LogP contribution in [0.25, 0.3) is 10.9 Å². The van der Waals surface area contributed by atoms with Crippen LogP contribution in [0, 0.1) is 6.92 Å². The van der Waals surface area contributed by atoms with Crippen LogP contribution in [-0.2, 0) is 6.54 Å². The van der Waals surface area contributed by atoms with E-state index in [0.717, 1.165) is 33.5 Å². The number of hydrogen-bond acceptors (Lipinski definition) is 3. The number of benzene rings is 2. The van der Waals surface area contributed by atoms with Crippen LogP contribution in [0.15, 0.2) is 48.5 Å². The Morgan fingerprint density at radius 3 is 2.52 bits per heavy atom. The smallest absolute Gasteiger partial charge is 0.182 e. The van der Waals surface area contributed by atoms with Crippen molar-refractivity contribution in [1.29, 1.82) is 0 Å². The number of H-pyrrole nitrogens is 1. The number of hydrogen-bond donors (Lipinski definition) is 1. The summed E-state index contributed by atoms with van der Waals surface area (Å²) in [6.07, 6.45) is 0. The highest BCUT2D eigenvalue weighted by molar-refractivity contribution is 6.11. The molecule has 0 amide bonds. The van der Waals surface area contributed by atoms with Crippen LogP contribution >= 0.6 is 0 Å². The molecule has 0 saturated heterocycles. The molecule has 1 atom stereocenters. The van der Waals surface area contributed by atoms with E-state index < -0.39 is 0 Å². The van der Waals surface area contributed by atoms with Crippen LogP contribution in [0.2, 0.25) is 0 Å². The van der Waals surface area contributed by atoms with Crippen molar-refractivity contribution in [3.05, 3.63) is 65.4 Å². The third kappa shape index (κ3) is 3.44.